The summed E-state index contributed by atoms with van der Waals surface area (Å²) in [5, 5.41) is 7.38. The summed E-state index contributed by atoms with van der Waals surface area (Å²) in [6.45, 7) is 0.498. The molecule has 1 heterocycles. The zero-order valence-electron chi connectivity index (χ0n) is 15.8. The number of rotatable bonds is 9. The summed E-state index contributed by atoms with van der Waals surface area (Å²) >= 11 is 1.46. The van der Waals surface area contributed by atoms with Crippen LogP contribution in [0.2, 0.25) is 0 Å². The average Bonchev–Trinajstić information content (AvgIpc) is 3.24. The fraction of sp³-hybridized carbons (Fsp3) is 0.182. The van der Waals surface area contributed by atoms with Crippen LogP contribution in [-0.2, 0) is 11.2 Å². The van der Waals surface area contributed by atoms with Crippen molar-refractivity contribution in [1.82, 2.24) is 5.32 Å². The van der Waals surface area contributed by atoms with Gasteiger partial charge < -0.3 is 21.1 Å². The molecule has 6 nitrogen and oxygen atoms in total. The van der Waals surface area contributed by atoms with E-state index < -0.39 is 12.1 Å². The number of nitrogens with one attached hydrogen (secondary N) is 2. The summed E-state index contributed by atoms with van der Waals surface area (Å²) in [5.74, 6) is 0.364. The van der Waals surface area contributed by atoms with E-state index in [0.717, 1.165) is 11.3 Å². The Morgan fingerprint density at radius 1 is 1.00 bits per heavy atom. The van der Waals surface area contributed by atoms with Crippen molar-refractivity contribution in [3.05, 3.63) is 82.6 Å². The first kappa shape index (κ1) is 20.4. The predicted octanol–water partition coefficient (Wildman–Crippen LogP) is 4.11. The second-order valence-corrected chi connectivity index (χ2v) is 7.39. The lowest BCUT2D eigenvalue weighted by Crippen LogP contribution is -2.34. The molecule has 0 fully saturated rings. The van der Waals surface area contributed by atoms with Crippen LogP contribution in [0.1, 0.15) is 22.9 Å². The first-order valence-electron chi connectivity index (χ1n) is 9.27. The molecule has 1 atom stereocenters. The van der Waals surface area contributed by atoms with Crippen molar-refractivity contribution >= 4 is 29.0 Å². The number of amides is 3. The highest BCUT2D eigenvalue weighted by Crippen LogP contribution is 2.26. The Morgan fingerprint density at radius 2 is 1.76 bits per heavy atom. The van der Waals surface area contributed by atoms with E-state index in [1.807, 2.05) is 66.0 Å². The van der Waals surface area contributed by atoms with E-state index >= 15 is 0 Å². The van der Waals surface area contributed by atoms with Crippen molar-refractivity contribution in [2.45, 2.75) is 18.9 Å². The van der Waals surface area contributed by atoms with Crippen LogP contribution in [0.3, 0.4) is 0 Å². The molecule has 4 N–H and O–H groups in total. The molecule has 1 unspecified atom stereocenters. The standard InChI is InChI=1S/C22H23N3O3S/c23-22(27)25-18(20-11-6-14-29-20)15-21(26)24-17-9-4-5-10-19(17)28-13-12-16-7-2-1-3-8-16/h1-11,14,18H,12-13,15H2,(H,24,26)(H3,23,25,27). The molecule has 0 bridgehead atoms. The van der Waals surface area contributed by atoms with E-state index in [1.54, 1.807) is 6.07 Å². The predicted molar refractivity (Wildman–Crippen MR) is 115 cm³/mol. The van der Waals surface area contributed by atoms with Gasteiger partial charge in [-0.05, 0) is 29.1 Å². The largest absolute Gasteiger partial charge is 0.491 e. The highest BCUT2D eigenvalue weighted by molar-refractivity contribution is 7.10. The fourth-order valence-corrected chi connectivity index (χ4v) is 3.67. The van der Waals surface area contributed by atoms with E-state index in [1.165, 1.54) is 16.9 Å². The first-order valence-corrected chi connectivity index (χ1v) is 10.1. The van der Waals surface area contributed by atoms with Crippen molar-refractivity contribution in [2.24, 2.45) is 5.73 Å². The van der Waals surface area contributed by atoms with Crippen molar-refractivity contribution < 1.29 is 14.3 Å². The monoisotopic (exact) mass is 409 g/mol. The summed E-state index contributed by atoms with van der Waals surface area (Å²) < 4.78 is 5.88. The van der Waals surface area contributed by atoms with E-state index in [-0.39, 0.29) is 12.3 Å². The van der Waals surface area contributed by atoms with Gasteiger partial charge in [-0.25, -0.2) is 4.79 Å². The number of thiophene rings is 1. The van der Waals surface area contributed by atoms with Crippen molar-refractivity contribution in [3.63, 3.8) is 0 Å². The van der Waals surface area contributed by atoms with E-state index in [9.17, 15) is 9.59 Å². The summed E-state index contributed by atoms with van der Waals surface area (Å²) in [6, 6.07) is 19.9. The minimum Gasteiger partial charge on any atom is -0.491 e. The molecule has 1 aromatic heterocycles. The van der Waals surface area contributed by atoms with Crippen LogP contribution in [0, 0.1) is 0 Å². The summed E-state index contributed by atoms with van der Waals surface area (Å²) in [7, 11) is 0. The number of benzene rings is 2. The molecule has 29 heavy (non-hydrogen) atoms. The molecule has 3 amide bonds. The minimum absolute atomic E-state index is 0.0712. The third-order valence-corrected chi connectivity index (χ3v) is 5.23. The molecule has 0 radical (unpaired) electrons. The maximum absolute atomic E-state index is 12.6. The van der Waals surface area contributed by atoms with Gasteiger partial charge in [-0.3, -0.25) is 4.79 Å². The Morgan fingerprint density at radius 3 is 2.48 bits per heavy atom. The highest BCUT2D eigenvalue weighted by atomic mass is 32.1. The van der Waals surface area contributed by atoms with Gasteiger partial charge in [0.05, 0.1) is 24.8 Å². The van der Waals surface area contributed by atoms with E-state index in [4.69, 9.17) is 10.5 Å². The Labute approximate surface area is 173 Å². The van der Waals surface area contributed by atoms with Crippen LogP contribution in [0.25, 0.3) is 0 Å². The molecule has 0 aliphatic rings. The van der Waals surface area contributed by atoms with Gasteiger partial charge in [-0.2, -0.15) is 0 Å². The highest BCUT2D eigenvalue weighted by Gasteiger charge is 2.19. The molecular formula is C22H23N3O3S. The summed E-state index contributed by atoms with van der Waals surface area (Å²) in [6.07, 6.45) is 0.841. The third-order valence-electron chi connectivity index (χ3n) is 4.24. The Hall–Kier alpha value is -3.32. The normalized spacial score (nSPS) is 11.4. The molecular weight excluding hydrogens is 386 g/mol. The van der Waals surface area contributed by atoms with E-state index in [2.05, 4.69) is 10.6 Å². The maximum atomic E-state index is 12.6. The van der Waals surface area contributed by atoms with Crippen LogP contribution in [0.5, 0.6) is 5.75 Å². The number of ether oxygens (including phenoxy) is 1. The minimum atomic E-state index is -0.666. The number of primary amides is 1. The summed E-state index contributed by atoms with van der Waals surface area (Å²) in [5.41, 5.74) is 7.04. The zero-order valence-corrected chi connectivity index (χ0v) is 16.7. The lowest BCUT2D eigenvalue weighted by molar-refractivity contribution is -0.116. The van der Waals surface area contributed by atoms with Gasteiger partial charge in [0.15, 0.2) is 0 Å². The maximum Gasteiger partial charge on any atom is 0.312 e. The molecule has 0 saturated heterocycles. The molecule has 0 aliphatic heterocycles. The smallest absolute Gasteiger partial charge is 0.312 e. The quantitative estimate of drug-likeness (QED) is 0.496. The van der Waals surface area contributed by atoms with Gasteiger partial charge in [0.2, 0.25) is 5.91 Å². The SMILES string of the molecule is NC(=O)NC(CC(=O)Nc1ccccc1OCCc1ccccc1)c1cccs1. The van der Waals surface area contributed by atoms with Gasteiger partial charge in [0.1, 0.15) is 5.75 Å². The van der Waals surface area contributed by atoms with Crippen LogP contribution >= 0.6 is 11.3 Å². The lowest BCUT2D eigenvalue weighted by atomic mass is 10.1. The Bertz CT molecular complexity index is 929. The number of anilines is 1. The topological polar surface area (TPSA) is 93.5 Å². The molecule has 7 heteroatoms. The van der Waals surface area contributed by atoms with Crippen molar-refractivity contribution in [2.75, 3.05) is 11.9 Å². The van der Waals surface area contributed by atoms with Gasteiger partial charge in [-0.15, -0.1) is 11.3 Å². The molecule has 3 aromatic rings. The molecule has 150 valence electrons. The van der Waals surface area contributed by atoms with Crippen LogP contribution < -0.4 is 21.1 Å². The van der Waals surface area contributed by atoms with Crippen LogP contribution in [0.4, 0.5) is 10.5 Å². The first-order chi connectivity index (χ1) is 14.1. The number of hydrogen-bond acceptors (Lipinski definition) is 4. The second-order valence-electron chi connectivity index (χ2n) is 6.41. The second kappa shape index (κ2) is 10.3. The molecule has 3 rings (SSSR count). The number of nitrogens with two attached hydrogens (primary N) is 1. The zero-order chi connectivity index (χ0) is 20.5. The average molecular weight is 410 g/mol. The van der Waals surface area contributed by atoms with Crippen molar-refractivity contribution in [1.29, 1.82) is 0 Å². The van der Waals surface area contributed by atoms with Gasteiger partial charge in [-0.1, -0.05) is 48.5 Å². The van der Waals surface area contributed by atoms with Gasteiger partial charge in [0.25, 0.3) is 0 Å². The lowest BCUT2D eigenvalue weighted by Gasteiger charge is -2.17. The number of carbonyl (C=O) groups excluding carboxylic acids is 2. The Kier molecular flexibility index (Phi) is 7.24. The number of para-hydroxylation sites is 2. The van der Waals surface area contributed by atoms with Crippen LogP contribution in [0.15, 0.2) is 72.1 Å². The van der Waals surface area contributed by atoms with Gasteiger partial charge in [0, 0.05) is 11.3 Å². The number of urea groups is 1. The Balaban J connectivity index is 1.60. The van der Waals surface area contributed by atoms with Gasteiger partial charge >= 0.3 is 6.03 Å². The molecule has 0 saturated carbocycles. The van der Waals surface area contributed by atoms with Crippen LogP contribution in [-0.4, -0.2) is 18.5 Å². The number of carbonyl (C=O) groups is 2. The summed E-state index contributed by atoms with van der Waals surface area (Å²) in [4.78, 5) is 24.8. The third kappa shape index (κ3) is 6.36. The number of hydrogen-bond donors (Lipinski definition) is 3. The fourth-order valence-electron chi connectivity index (χ4n) is 2.89. The molecule has 0 spiro atoms. The van der Waals surface area contributed by atoms with Crippen molar-refractivity contribution in [3.8, 4) is 5.75 Å². The molecule has 0 aliphatic carbocycles. The molecule has 2 aromatic carbocycles. The van der Waals surface area contributed by atoms with E-state index in [0.29, 0.717) is 18.0 Å².